The van der Waals surface area contributed by atoms with Crippen molar-refractivity contribution in [3.05, 3.63) is 45.7 Å². The number of hydrogen-bond donors (Lipinski definition) is 5. The smallest absolute Gasteiger partial charge is 0.255 e. The number of amides is 1. The minimum absolute atomic E-state index is 0.103. The molecule has 0 aromatic heterocycles. The molecule has 6 N–H and O–H groups in total. The molecule has 0 unspecified atom stereocenters. The second-order valence-corrected chi connectivity index (χ2v) is 10.8. The van der Waals surface area contributed by atoms with Crippen molar-refractivity contribution in [1.29, 1.82) is 0 Å². The largest absolute Gasteiger partial charge is 0.508 e. The average Bonchev–Trinajstić information content (AvgIpc) is 2.81. The van der Waals surface area contributed by atoms with Gasteiger partial charge in [-0.25, -0.2) is 0 Å². The number of ketones is 2. The number of likely N-dealkylation sites (N-methyl/N-ethyl adjacent to an activating group) is 1. The summed E-state index contributed by atoms with van der Waals surface area (Å²) in [6.07, 6.45) is 5.84. The van der Waals surface area contributed by atoms with E-state index in [-0.39, 0.29) is 29.2 Å². The molecule has 0 saturated heterocycles. The van der Waals surface area contributed by atoms with Gasteiger partial charge in [-0.1, -0.05) is 25.3 Å². The molecule has 192 valence electrons. The lowest BCUT2D eigenvalue weighted by molar-refractivity contribution is -0.153. The first-order valence-electron chi connectivity index (χ1n) is 12.5. The van der Waals surface area contributed by atoms with E-state index in [0.717, 1.165) is 36.8 Å². The Labute approximate surface area is 208 Å². The number of carbonyl (C=O) groups is 3. The van der Waals surface area contributed by atoms with E-state index in [1.54, 1.807) is 14.1 Å². The number of phenolic OH excluding ortho intramolecular Hbond substituents is 1. The zero-order valence-electron chi connectivity index (χ0n) is 20.5. The van der Waals surface area contributed by atoms with Gasteiger partial charge in [0.25, 0.3) is 5.91 Å². The summed E-state index contributed by atoms with van der Waals surface area (Å²) in [6.45, 7) is 0. The van der Waals surface area contributed by atoms with Gasteiger partial charge in [-0.2, -0.15) is 0 Å². The first kappa shape index (κ1) is 24.5. The molecule has 0 aliphatic heterocycles. The number of carbonyl (C=O) groups excluding carboxylic acids is 3. The number of Topliss-reactive ketones (excluding diaryl/α,β-unsaturated/α-hetero) is 2. The Morgan fingerprint density at radius 1 is 1.06 bits per heavy atom. The summed E-state index contributed by atoms with van der Waals surface area (Å²) in [5.41, 5.74) is 3.83. The number of fused-ring (bicyclic) bond motifs is 3. The third-order valence-corrected chi connectivity index (χ3v) is 8.69. The summed E-state index contributed by atoms with van der Waals surface area (Å²) >= 11 is 0. The second-order valence-electron chi connectivity index (χ2n) is 10.8. The quantitative estimate of drug-likeness (QED) is 0.397. The summed E-state index contributed by atoms with van der Waals surface area (Å²) < 4.78 is 0. The van der Waals surface area contributed by atoms with Crippen molar-refractivity contribution in [3.63, 3.8) is 0 Å². The van der Waals surface area contributed by atoms with Gasteiger partial charge in [0.05, 0.1) is 11.6 Å². The van der Waals surface area contributed by atoms with E-state index in [1.165, 1.54) is 17.4 Å². The maximum absolute atomic E-state index is 13.9. The molecule has 36 heavy (non-hydrogen) atoms. The van der Waals surface area contributed by atoms with Crippen molar-refractivity contribution in [2.45, 2.75) is 62.5 Å². The van der Waals surface area contributed by atoms with Gasteiger partial charge in [-0.15, -0.1) is 0 Å². The van der Waals surface area contributed by atoms with Gasteiger partial charge in [0, 0.05) is 11.5 Å². The Kier molecular flexibility index (Phi) is 5.76. The van der Waals surface area contributed by atoms with Gasteiger partial charge in [0.1, 0.15) is 22.8 Å². The van der Waals surface area contributed by atoms with Crippen LogP contribution in [-0.2, 0) is 20.8 Å². The highest BCUT2D eigenvalue weighted by Gasteiger charge is 2.64. The van der Waals surface area contributed by atoms with Crippen molar-refractivity contribution < 1.29 is 34.8 Å². The number of aliphatic hydroxyl groups is 3. The van der Waals surface area contributed by atoms with E-state index < -0.39 is 58.0 Å². The lowest BCUT2D eigenvalue weighted by Gasteiger charge is -2.50. The van der Waals surface area contributed by atoms with Crippen LogP contribution in [0.15, 0.2) is 29.0 Å². The molecule has 9 nitrogen and oxygen atoms in total. The number of nitrogens with two attached hydrogens (primary N) is 1. The van der Waals surface area contributed by atoms with Crippen molar-refractivity contribution >= 4 is 23.2 Å². The molecule has 0 radical (unpaired) electrons. The van der Waals surface area contributed by atoms with Gasteiger partial charge in [-0.3, -0.25) is 19.3 Å². The highest BCUT2D eigenvalue weighted by molar-refractivity contribution is 6.24. The number of aliphatic hydroxyl groups excluding tert-OH is 2. The Bertz CT molecular complexity index is 1240. The van der Waals surface area contributed by atoms with Crippen molar-refractivity contribution in [2.75, 3.05) is 14.1 Å². The van der Waals surface area contributed by atoms with E-state index in [0.29, 0.717) is 6.42 Å². The number of nitrogens with zero attached hydrogens (tertiary/aromatic N) is 1. The lowest BCUT2D eigenvalue weighted by atomic mass is 9.57. The summed E-state index contributed by atoms with van der Waals surface area (Å²) in [5.74, 6) is -5.96. The fraction of sp³-hybridized carbons (Fsp3) is 0.519. The molecule has 1 aromatic carbocycles. The summed E-state index contributed by atoms with van der Waals surface area (Å²) in [4.78, 5) is 40.6. The van der Waals surface area contributed by atoms with Crippen molar-refractivity contribution in [2.24, 2.45) is 17.6 Å². The number of benzene rings is 1. The Hall–Kier alpha value is -3.17. The van der Waals surface area contributed by atoms with Crippen LogP contribution in [0.1, 0.15) is 61.1 Å². The van der Waals surface area contributed by atoms with Crippen LogP contribution in [0.5, 0.6) is 5.75 Å². The third kappa shape index (κ3) is 3.25. The number of primary amides is 1. The van der Waals surface area contributed by atoms with E-state index >= 15 is 0 Å². The van der Waals surface area contributed by atoms with Crippen molar-refractivity contribution in [3.8, 4) is 5.75 Å². The predicted molar refractivity (Wildman–Crippen MR) is 130 cm³/mol. The Morgan fingerprint density at radius 3 is 2.33 bits per heavy atom. The molecule has 1 amide bonds. The molecule has 5 rings (SSSR count). The molecule has 2 saturated carbocycles. The molecule has 2 fully saturated rings. The van der Waals surface area contributed by atoms with Crippen LogP contribution in [-0.4, -0.2) is 68.5 Å². The van der Waals surface area contributed by atoms with Gasteiger partial charge in [-0.05, 0) is 68.8 Å². The molecular formula is C27H32N2O7. The molecule has 1 aromatic rings. The highest BCUT2D eigenvalue weighted by Crippen LogP contribution is 2.53. The zero-order chi connectivity index (χ0) is 26.1. The predicted octanol–water partition coefficient (Wildman–Crippen LogP) is 2.01. The van der Waals surface area contributed by atoms with Crippen LogP contribution in [0.2, 0.25) is 0 Å². The first-order valence-corrected chi connectivity index (χ1v) is 12.5. The highest BCUT2D eigenvalue weighted by atomic mass is 16.3. The van der Waals surface area contributed by atoms with Crippen LogP contribution in [0, 0.1) is 11.8 Å². The van der Waals surface area contributed by atoms with Crippen LogP contribution in [0.25, 0.3) is 5.76 Å². The lowest BCUT2D eigenvalue weighted by Crippen LogP contribution is -2.65. The molecular weight excluding hydrogens is 464 g/mol. The maximum Gasteiger partial charge on any atom is 0.255 e. The fourth-order valence-electron chi connectivity index (χ4n) is 7.06. The van der Waals surface area contributed by atoms with E-state index in [2.05, 4.69) is 0 Å². The van der Waals surface area contributed by atoms with Gasteiger partial charge in [0.15, 0.2) is 11.4 Å². The van der Waals surface area contributed by atoms with Crippen LogP contribution >= 0.6 is 0 Å². The fourth-order valence-corrected chi connectivity index (χ4v) is 7.06. The van der Waals surface area contributed by atoms with E-state index in [1.807, 2.05) is 6.07 Å². The Morgan fingerprint density at radius 2 is 1.72 bits per heavy atom. The zero-order valence-corrected chi connectivity index (χ0v) is 20.5. The molecule has 4 aliphatic rings. The Balaban J connectivity index is 1.70. The third-order valence-electron chi connectivity index (χ3n) is 8.69. The van der Waals surface area contributed by atoms with Gasteiger partial charge >= 0.3 is 0 Å². The molecule has 0 spiro atoms. The molecule has 0 heterocycles. The summed E-state index contributed by atoms with van der Waals surface area (Å²) in [5, 5.41) is 44.6. The van der Waals surface area contributed by atoms with Crippen LogP contribution in [0.4, 0.5) is 0 Å². The monoisotopic (exact) mass is 496 g/mol. The van der Waals surface area contributed by atoms with Crippen LogP contribution in [0.3, 0.4) is 0 Å². The number of rotatable bonds is 3. The molecule has 0 bridgehead atoms. The number of phenols is 1. The van der Waals surface area contributed by atoms with Gasteiger partial charge in [0.2, 0.25) is 5.78 Å². The molecule has 4 atom stereocenters. The standard InChI is InChI=1S/C27H32N2O7/c1-29(2)21-16-11-13-10-15-14(12-6-4-3-5-7-12)8-9-17(30)19(15)22(31)18(13)24(33)27(16,36)25(34)20(23(21)32)26(28)35/h8-9,12-13,16,21,30-31,34,36H,3-7,10-11H2,1-2H3,(H2,28,35)/t13-,16-,21+,27-/m0/s1. The summed E-state index contributed by atoms with van der Waals surface area (Å²) in [7, 11) is 3.18. The average molecular weight is 497 g/mol. The topological polar surface area (TPSA) is 161 Å². The maximum atomic E-state index is 13.9. The minimum Gasteiger partial charge on any atom is -0.508 e. The summed E-state index contributed by atoms with van der Waals surface area (Å²) in [6, 6.07) is 2.34. The van der Waals surface area contributed by atoms with E-state index in [9.17, 15) is 34.8 Å². The van der Waals surface area contributed by atoms with Crippen molar-refractivity contribution in [1.82, 2.24) is 4.90 Å². The van der Waals surface area contributed by atoms with Gasteiger partial charge < -0.3 is 26.2 Å². The van der Waals surface area contributed by atoms with Crippen LogP contribution < -0.4 is 5.73 Å². The first-order chi connectivity index (χ1) is 17.0. The SMILES string of the molecule is CN(C)[C@H]1C(=O)C(C(N)=O)=C(O)[C@@]2(O)C(=O)C3=C(O)c4c(O)ccc(C5CCCCC5)c4C[C@H]3C[C@@H]12. The number of hydrogen-bond acceptors (Lipinski definition) is 8. The molecule has 4 aliphatic carbocycles. The minimum atomic E-state index is -2.61. The van der Waals surface area contributed by atoms with E-state index in [4.69, 9.17) is 5.73 Å². The molecule has 9 heteroatoms. The normalized spacial score (nSPS) is 30.8. The second kappa shape index (κ2) is 8.45. The number of aromatic hydroxyl groups is 1.